The van der Waals surface area contributed by atoms with Gasteiger partial charge in [0.1, 0.15) is 18.4 Å². The normalized spacial score (nSPS) is 24.0. The van der Waals surface area contributed by atoms with E-state index >= 15 is 0 Å². The van der Waals surface area contributed by atoms with E-state index in [1.165, 1.54) is 15.9 Å². The Bertz CT molecular complexity index is 1210. The Morgan fingerprint density at radius 2 is 2.09 bits per heavy atom. The number of amides is 4. The zero-order valence-electron chi connectivity index (χ0n) is 19.2. The van der Waals surface area contributed by atoms with E-state index in [0.717, 1.165) is 4.90 Å². The Balaban J connectivity index is 1.55. The van der Waals surface area contributed by atoms with E-state index in [1.807, 2.05) is 13.8 Å². The fourth-order valence-corrected chi connectivity index (χ4v) is 6.10. The molecule has 2 aliphatic heterocycles. The van der Waals surface area contributed by atoms with Crippen LogP contribution in [0.5, 0.6) is 0 Å². The number of aromatic nitrogens is 4. The molecule has 34 heavy (non-hydrogen) atoms. The van der Waals surface area contributed by atoms with Gasteiger partial charge in [-0.05, 0) is 47.4 Å². The first kappa shape index (κ1) is 23.8. The summed E-state index contributed by atoms with van der Waals surface area (Å²) in [6, 6.07) is 5.72. The molecule has 4 rings (SSSR count). The highest BCUT2D eigenvalue weighted by atomic mass is 32.2. The molecule has 182 valence electrons. The summed E-state index contributed by atoms with van der Waals surface area (Å²) in [6.45, 7) is 5.30. The number of carbonyl (C=O) groups excluding carboxylic acids is 3. The maximum atomic E-state index is 13.4. The summed E-state index contributed by atoms with van der Waals surface area (Å²) < 4.78 is 25.4. The van der Waals surface area contributed by atoms with Crippen molar-refractivity contribution in [2.24, 2.45) is 5.92 Å². The molecule has 2 aromatic rings. The Kier molecular flexibility index (Phi) is 6.14. The van der Waals surface area contributed by atoms with Gasteiger partial charge in [-0.15, -0.1) is 5.10 Å². The number of rotatable bonds is 7. The maximum absolute atomic E-state index is 13.4. The summed E-state index contributed by atoms with van der Waals surface area (Å²) in [7, 11) is -3.21. The second-order valence-electron chi connectivity index (χ2n) is 9.25. The highest BCUT2D eigenvalue weighted by Crippen LogP contribution is 2.30. The fourth-order valence-electron chi connectivity index (χ4n) is 4.37. The van der Waals surface area contributed by atoms with Crippen LogP contribution in [0.25, 0.3) is 5.69 Å². The molecule has 4 amide bonds. The van der Waals surface area contributed by atoms with Gasteiger partial charge in [-0.2, -0.15) is 0 Å². The molecule has 2 aliphatic rings. The molecule has 2 atom stereocenters. The van der Waals surface area contributed by atoms with Crippen LogP contribution in [0.1, 0.15) is 32.8 Å². The van der Waals surface area contributed by atoms with E-state index in [1.54, 1.807) is 31.2 Å². The number of sulfone groups is 1. The molecule has 0 aliphatic carbocycles. The number of nitrogens with zero attached hydrogens (tertiary/aromatic N) is 6. The highest BCUT2D eigenvalue weighted by molar-refractivity contribution is 7.91. The topological polar surface area (TPSA) is 147 Å². The van der Waals surface area contributed by atoms with Crippen LogP contribution in [0.4, 0.5) is 4.79 Å². The lowest BCUT2D eigenvalue weighted by atomic mass is 9.91. The minimum Gasteiger partial charge on any atom is -0.337 e. The third-order valence-electron chi connectivity index (χ3n) is 6.14. The van der Waals surface area contributed by atoms with Crippen molar-refractivity contribution >= 4 is 27.7 Å². The van der Waals surface area contributed by atoms with E-state index in [-0.39, 0.29) is 17.4 Å². The number of tetrazole rings is 1. The Labute approximate surface area is 197 Å². The van der Waals surface area contributed by atoms with Crippen LogP contribution in [0, 0.1) is 5.92 Å². The predicted octanol–water partition coefficient (Wildman–Crippen LogP) is 0.101. The van der Waals surface area contributed by atoms with Gasteiger partial charge in [0, 0.05) is 12.6 Å². The van der Waals surface area contributed by atoms with E-state index in [4.69, 9.17) is 0 Å². The van der Waals surface area contributed by atoms with Gasteiger partial charge in [-0.3, -0.25) is 14.5 Å². The molecule has 0 bridgehead atoms. The van der Waals surface area contributed by atoms with Crippen LogP contribution < -0.4 is 5.32 Å². The summed E-state index contributed by atoms with van der Waals surface area (Å²) in [5.41, 5.74) is -0.276. The number of hydrogen-bond donors (Lipinski definition) is 1. The number of imide groups is 1. The molecule has 2 saturated heterocycles. The second-order valence-corrected chi connectivity index (χ2v) is 11.5. The van der Waals surface area contributed by atoms with Crippen molar-refractivity contribution in [2.45, 2.75) is 38.8 Å². The fraction of sp³-hybridized carbons (Fsp3) is 0.524. The van der Waals surface area contributed by atoms with Crippen LogP contribution in [0.2, 0.25) is 0 Å². The smallest absolute Gasteiger partial charge is 0.325 e. The lowest BCUT2D eigenvalue weighted by Gasteiger charge is -2.31. The molecular weight excluding hydrogens is 462 g/mol. The number of urea groups is 1. The summed E-state index contributed by atoms with van der Waals surface area (Å²) in [6.07, 6.45) is 1.76. The van der Waals surface area contributed by atoms with Crippen molar-refractivity contribution in [3.05, 3.63) is 36.2 Å². The van der Waals surface area contributed by atoms with Crippen LogP contribution in [0.15, 0.2) is 30.6 Å². The van der Waals surface area contributed by atoms with Crippen LogP contribution in [-0.4, -0.2) is 86.9 Å². The largest absolute Gasteiger partial charge is 0.337 e. The van der Waals surface area contributed by atoms with Crippen molar-refractivity contribution in [2.75, 3.05) is 24.6 Å². The lowest BCUT2D eigenvalue weighted by molar-refractivity contribution is -0.140. The molecule has 1 aromatic heterocycles. The van der Waals surface area contributed by atoms with E-state index in [2.05, 4.69) is 20.8 Å². The quantitative estimate of drug-likeness (QED) is 0.539. The summed E-state index contributed by atoms with van der Waals surface area (Å²) in [4.78, 5) is 41.8. The molecule has 2 fully saturated rings. The van der Waals surface area contributed by atoms with Gasteiger partial charge in [0.2, 0.25) is 5.91 Å². The molecular formula is C21H27N7O5S. The molecule has 13 heteroatoms. The Hall–Kier alpha value is -3.35. The van der Waals surface area contributed by atoms with Gasteiger partial charge in [0.25, 0.3) is 5.91 Å². The van der Waals surface area contributed by atoms with Crippen molar-refractivity contribution in [3.8, 4) is 5.69 Å². The number of benzene rings is 1. The van der Waals surface area contributed by atoms with E-state index < -0.39 is 45.8 Å². The minimum atomic E-state index is -3.21. The van der Waals surface area contributed by atoms with Crippen molar-refractivity contribution in [1.29, 1.82) is 0 Å². The zero-order valence-corrected chi connectivity index (χ0v) is 20.0. The minimum absolute atomic E-state index is 0.0262. The third-order valence-corrected chi connectivity index (χ3v) is 7.89. The predicted molar refractivity (Wildman–Crippen MR) is 120 cm³/mol. The monoisotopic (exact) mass is 489 g/mol. The van der Waals surface area contributed by atoms with Crippen LogP contribution in [0.3, 0.4) is 0 Å². The molecule has 1 aromatic carbocycles. The summed E-state index contributed by atoms with van der Waals surface area (Å²) in [5, 5.41) is 13.7. The molecule has 3 heterocycles. The average Bonchev–Trinajstić information content (AvgIpc) is 3.48. The molecule has 0 saturated carbocycles. The van der Waals surface area contributed by atoms with Gasteiger partial charge >= 0.3 is 6.03 Å². The zero-order chi connectivity index (χ0) is 24.7. The average molecular weight is 490 g/mol. The third kappa shape index (κ3) is 4.52. The Morgan fingerprint density at radius 3 is 2.71 bits per heavy atom. The summed E-state index contributed by atoms with van der Waals surface area (Å²) >= 11 is 0. The molecule has 12 nitrogen and oxygen atoms in total. The standard InChI is InChI=1S/C21H27N7O5S/c1-14(2)10-26(17-7-8-34(32,33)12-17)18(29)11-27-19(30)21(3,23-20(27)31)15-5-4-6-16(9-15)28-13-22-24-25-28/h4-6,9,13-14,17H,7-8,10-12H2,1-3H3,(H,23,31)/t17-,21-/m1/s1. The van der Waals surface area contributed by atoms with Crippen molar-refractivity contribution < 1.29 is 22.8 Å². The molecule has 0 radical (unpaired) electrons. The van der Waals surface area contributed by atoms with Gasteiger partial charge < -0.3 is 10.2 Å². The number of nitrogens with one attached hydrogen (secondary N) is 1. The van der Waals surface area contributed by atoms with Crippen molar-refractivity contribution in [3.63, 3.8) is 0 Å². The van der Waals surface area contributed by atoms with E-state index in [9.17, 15) is 22.8 Å². The molecule has 0 spiro atoms. The molecule has 0 unspecified atom stereocenters. The lowest BCUT2D eigenvalue weighted by Crippen LogP contribution is -2.49. The van der Waals surface area contributed by atoms with Crippen LogP contribution in [-0.2, 0) is 25.0 Å². The number of hydrogen-bond acceptors (Lipinski definition) is 8. The van der Waals surface area contributed by atoms with Crippen LogP contribution >= 0.6 is 0 Å². The number of carbonyl (C=O) groups is 3. The first-order chi connectivity index (χ1) is 16.0. The maximum Gasteiger partial charge on any atom is 0.325 e. The van der Waals surface area contributed by atoms with Gasteiger partial charge in [-0.1, -0.05) is 26.0 Å². The van der Waals surface area contributed by atoms with E-state index in [0.29, 0.717) is 24.2 Å². The second kappa shape index (κ2) is 8.78. The molecule has 1 N–H and O–H groups in total. The Morgan fingerprint density at radius 1 is 1.32 bits per heavy atom. The SMILES string of the molecule is CC(C)CN(C(=O)CN1C(=O)N[C@](C)(c2cccc(-n3cnnn3)c2)C1=O)[C@@H]1CCS(=O)(=O)C1. The summed E-state index contributed by atoms with van der Waals surface area (Å²) in [5.74, 6) is -1.00. The van der Waals surface area contributed by atoms with Gasteiger partial charge in [-0.25, -0.2) is 17.9 Å². The van der Waals surface area contributed by atoms with Crippen molar-refractivity contribution in [1.82, 2.24) is 35.3 Å². The highest BCUT2D eigenvalue weighted by Gasteiger charge is 2.50. The first-order valence-electron chi connectivity index (χ1n) is 11.0. The van der Waals surface area contributed by atoms with Gasteiger partial charge in [0.15, 0.2) is 9.84 Å². The van der Waals surface area contributed by atoms with Gasteiger partial charge in [0.05, 0.1) is 17.2 Å². The first-order valence-corrected chi connectivity index (χ1v) is 12.8.